The molecule has 0 saturated heterocycles. The molecule has 0 heterocycles. The van der Waals surface area contributed by atoms with Crippen LogP contribution in [0, 0.1) is 18.3 Å². The third-order valence-electron chi connectivity index (χ3n) is 5.04. The van der Waals surface area contributed by atoms with E-state index >= 15 is 0 Å². The van der Waals surface area contributed by atoms with Gasteiger partial charge in [-0.25, -0.2) is 0 Å². The van der Waals surface area contributed by atoms with Gasteiger partial charge in [0, 0.05) is 6.42 Å². The SMILES string of the molecule is [C]1c2ccccc2CCC1C1CCc2ccccc2C1. The summed E-state index contributed by atoms with van der Waals surface area (Å²) >= 11 is 0. The van der Waals surface area contributed by atoms with Crippen LogP contribution >= 0.6 is 0 Å². The first-order chi connectivity index (χ1) is 9.90. The summed E-state index contributed by atoms with van der Waals surface area (Å²) in [5.74, 6) is 1.44. The van der Waals surface area contributed by atoms with Gasteiger partial charge in [-0.2, -0.15) is 0 Å². The first-order valence-corrected chi connectivity index (χ1v) is 7.81. The van der Waals surface area contributed by atoms with Crippen LogP contribution in [-0.2, 0) is 19.3 Å². The largest absolute Gasteiger partial charge is 0.0620 e. The Morgan fingerprint density at radius 2 is 1.45 bits per heavy atom. The molecule has 0 amide bonds. The second kappa shape index (κ2) is 5.09. The van der Waals surface area contributed by atoms with Gasteiger partial charge in [0.25, 0.3) is 0 Å². The number of aryl methyl sites for hydroxylation is 2. The zero-order valence-electron chi connectivity index (χ0n) is 11.8. The molecule has 2 aromatic carbocycles. The molecule has 0 N–H and O–H groups in total. The fraction of sp³-hybridized carbons (Fsp3) is 0.350. The zero-order valence-corrected chi connectivity index (χ0v) is 11.8. The maximum Gasteiger partial charge on any atom is 0.0204 e. The smallest absolute Gasteiger partial charge is 0.0204 e. The van der Waals surface area contributed by atoms with E-state index in [0.29, 0.717) is 5.92 Å². The van der Waals surface area contributed by atoms with Crippen LogP contribution in [-0.4, -0.2) is 0 Å². The minimum absolute atomic E-state index is 0.651. The van der Waals surface area contributed by atoms with Gasteiger partial charge in [0.15, 0.2) is 0 Å². The van der Waals surface area contributed by atoms with Crippen molar-refractivity contribution in [1.82, 2.24) is 0 Å². The first-order valence-electron chi connectivity index (χ1n) is 7.81. The Morgan fingerprint density at radius 3 is 2.35 bits per heavy atom. The maximum atomic E-state index is 3.80. The van der Waals surface area contributed by atoms with Crippen LogP contribution in [0.1, 0.15) is 35.1 Å². The Hall–Kier alpha value is -1.56. The first kappa shape index (κ1) is 12.2. The van der Waals surface area contributed by atoms with Crippen LogP contribution in [0.2, 0.25) is 0 Å². The third kappa shape index (κ3) is 2.18. The second-order valence-corrected chi connectivity index (χ2v) is 6.22. The Labute approximate surface area is 121 Å². The van der Waals surface area contributed by atoms with E-state index in [-0.39, 0.29) is 0 Å². The average molecular weight is 260 g/mol. The van der Waals surface area contributed by atoms with Gasteiger partial charge >= 0.3 is 0 Å². The molecule has 2 aromatic rings. The van der Waals surface area contributed by atoms with Crippen LogP contribution < -0.4 is 0 Å². The Morgan fingerprint density at radius 1 is 0.750 bits per heavy atom. The summed E-state index contributed by atoms with van der Waals surface area (Å²) in [5.41, 5.74) is 5.99. The summed E-state index contributed by atoms with van der Waals surface area (Å²) in [4.78, 5) is 0. The highest BCUT2D eigenvalue weighted by Crippen LogP contribution is 2.38. The van der Waals surface area contributed by atoms with Gasteiger partial charge in [-0.05, 0) is 66.2 Å². The van der Waals surface area contributed by atoms with Crippen molar-refractivity contribution in [2.75, 3.05) is 0 Å². The lowest BCUT2D eigenvalue weighted by molar-refractivity contribution is 0.314. The molecular weight excluding hydrogens is 240 g/mol. The molecule has 2 aliphatic rings. The Balaban J connectivity index is 1.53. The minimum Gasteiger partial charge on any atom is -0.0620 e. The molecular formula is C20H20. The Kier molecular flexibility index (Phi) is 3.10. The highest BCUT2D eigenvalue weighted by atomic mass is 14.3. The van der Waals surface area contributed by atoms with E-state index in [1.165, 1.54) is 43.2 Å². The average Bonchev–Trinajstić information content (AvgIpc) is 2.54. The molecule has 0 nitrogen and oxygen atoms in total. The predicted octanol–water partition coefficient (Wildman–Crippen LogP) is 4.48. The summed E-state index contributed by atoms with van der Waals surface area (Å²) < 4.78 is 0. The molecule has 100 valence electrons. The molecule has 4 rings (SSSR count). The molecule has 0 spiro atoms. The van der Waals surface area contributed by atoms with Crippen molar-refractivity contribution in [3.63, 3.8) is 0 Å². The monoisotopic (exact) mass is 260 g/mol. The molecule has 2 unspecified atom stereocenters. The van der Waals surface area contributed by atoms with Crippen molar-refractivity contribution in [2.45, 2.75) is 32.1 Å². The fourth-order valence-corrected chi connectivity index (χ4v) is 3.88. The van der Waals surface area contributed by atoms with Crippen molar-refractivity contribution in [3.8, 4) is 0 Å². The standard InChI is InChI=1S/C20H20/c1-3-7-17-13-19(11-9-15(17)5-1)20-12-10-16-6-2-4-8-18(16)14-20/h1-8,19-20H,9-13H2. The molecule has 20 heavy (non-hydrogen) atoms. The van der Waals surface area contributed by atoms with Crippen LogP contribution in [0.5, 0.6) is 0 Å². The normalized spacial score (nSPS) is 24.8. The minimum atomic E-state index is 0.651. The van der Waals surface area contributed by atoms with Crippen LogP contribution in [0.3, 0.4) is 0 Å². The van der Waals surface area contributed by atoms with E-state index < -0.39 is 0 Å². The highest BCUT2D eigenvalue weighted by molar-refractivity contribution is 5.37. The van der Waals surface area contributed by atoms with Crippen LogP contribution in [0.25, 0.3) is 0 Å². The van der Waals surface area contributed by atoms with Gasteiger partial charge in [0.1, 0.15) is 0 Å². The second-order valence-electron chi connectivity index (χ2n) is 6.22. The van der Waals surface area contributed by atoms with Crippen LogP contribution in [0.4, 0.5) is 0 Å². The van der Waals surface area contributed by atoms with Gasteiger partial charge in [0.05, 0.1) is 0 Å². The molecule has 0 aliphatic heterocycles. The van der Waals surface area contributed by atoms with E-state index in [1.54, 1.807) is 11.1 Å². The summed E-state index contributed by atoms with van der Waals surface area (Å²) in [5, 5.41) is 0. The van der Waals surface area contributed by atoms with E-state index in [2.05, 4.69) is 55.0 Å². The van der Waals surface area contributed by atoms with Gasteiger partial charge in [-0.3, -0.25) is 0 Å². The van der Waals surface area contributed by atoms with Crippen molar-refractivity contribution < 1.29 is 0 Å². The maximum absolute atomic E-state index is 3.80. The van der Waals surface area contributed by atoms with Crippen molar-refractivity contribution in [2.24, 2.45) is 11.8 Å². The molecule has 0 heteroatoms. The number of fused-ring (bicyclic) bond motifs is 2. The van der Waals surface area contributed by atoms with Gasteiger partial charge in [-0.15, -0.1) is 0 Å². The molecule has 0 aromatic heterocycles. The van der Waals surface area contributed by atoms with E-state index in [1.807, 2.05) is 0 Å². The molecule has 0 saturated carbocycles. The number of rotatable bonds is 1. The topological polar surface area (TPSA) is 0 Å². The predicted molar refractivity (Wildman–Crippen MR) is 82.6 cm³/mol. The fourth-order valence-electron chi connectivity index (χ4n) is 3.88. The van der Waals surface area contributed by atoms with Crippen molar-refractivity contribution >= 4 is 0 Å². The number of hydrogen-bond donors (Lipinski definition) is 0. The molecule has 0 bridgehead atoms. The summed E-state index contributed by atoms with van der Waals surface area (Å²) in [6.07, 6.45) is 10.1. The summed E-state index contributed by atoms with van der Waals surface area (Å²) in [6.45, 7) is 0. The lowest BCUT2D eigenvalue weighted by Gasteiger charge is -2.34. The molecule has 2 atom stereocenters. The van der Waals surface area contributed by atoms with Crippen LogP contribution in [0.15, 0.2) is 48.5 Å². The van der Waals surface area contributed by atoms with Crippen molar-refractivity contribution in [3.05, 3.63) is 77.2 Å². The molecule has 2 aliphatic carbocycles. The molecule has 2 radical (unpaired) electrons. The summed E-state index contributed by atoms with van der Waals surface area (Å²) in [7, 11) is 0. The van der Waals surface area contributed by atoms with E-state index in [4.69, 9.17) is 0 Å². The number of hydrogen-bond acceptors (Lipinski definition) is 0. The highest BCUT2D eigenvalue weighted by Gasteiger charge is 2.29. The van der Waals surface area contributed by atoms with Gasteiger partial charge in [0.2, 0.25) is 0 Å². The third-order valence-corrected chi connectivity index (χ3v) is 5.04. The lowest BCUT2D eigenvalue weighted by atomic mass is 9.70. The summed E-state index contributed by atoms with van der Waals surface area (Å²) in [6, 6.07) is 17.8. The van der Waals surface area contributed by atoms with E-state index in [9.17, 15) is 0 Å². The quantitative estimate of drug-likeness (QED) is 0.709. The van der Waals surface area contributed by atoms with Gasteiger partial charge in [-0.1, -0.05) is 48.5 Å². The van der Waals surface area contributed by atoms with Gasteiger partial charge < -0.3 is 0 Å². The zero-order chi connectivity index (χ0) is 13.4. The Bertz CT molecular complexity index is 555. The lowest BCUT2D eigenvalue weighted by Crippen LogP contribution is -2.26. The molecule has 0 fully saturated rings. The van der Waals surface area contributed by atoms with E-state index in [0.717, 1.165) is 5.92 Å². The van der Waals surface area contributed by atoms with Crippen molar-refractivity contribution in [1.29, 1.82) is 0 Å². The number of benzene rings is 2.